The molecule has 2 aromatic carbocycles. The molecule has 9 nitrogen and oxygen atoms in total. The second kappa shape index (κ2) is 10.3. The fourth-order valence-electron chi connectivity index (χ4n) is 4.51. The van der Waals surface area contributed by atoms with Crippen LogP contribution in [0.4, 0.5) is 30.5 Å². The van der Waals surface area contributed by atoms with Crippen molar-refractivity contribution >= 4 is 23.2 Å². The summed E-state index contributed by atoms with van der Waals surface area (Å²) < 4.78 is 51.3. The van der Waals surface area contributed by atoms with E-state index in [1.807, 2.05) is 32.6 Å². The highest BCUT2D eigenvalue weighted by Gasteiger charge is 2.32. The average molecular weight is 541 g/mol. The lowest BCUT2D eigenvalue weighted by Gasteiger charge is -2.35. The molecule has 3 aromatic rings. The van der Waals surface area contributed by atoms with Crippen LogP contribution in [0, 0.1) is 6.92 Å². The van der Waals surface area contributed by atoms with Crippen molar-refractivity contribution in [1.82, 2.24) is 9.97 Å². The van der Waals surface area contributed by atoms with Crippen molar-refractivity contribution in [3.63, 3.8) is 0 Å². The number of aromatic nitrogens is 2. The van der Waals surface area contributed by atoms with E-state index in [-0.39, 0.29) is 29.7 Å². The Morgan fingerprint density at radius 3 is 2.54 bits per heavy atom. The van der Waals surface area contributed by atoms with Gasteiger partial charge in [0.1, 0.15) is 17.5 Å². The molecule has 0 radical (unpaired) electrons. The van der Waals surface area contributed by atoms with Gasteiger partial charge in [0.15, 0.2) is 5.69 Å². The number of nitrogens with one attached hydrogen (secondary N) is 1. The lowest BCUT2D eigenvalue weighted by atomic mass is 10.1. The summed E-state index contributed by atoms with van der Waals surface area (Å²) in [5, 5.41) is 11.1. The number of azo groups is 1. The number of nitrogens with zero attached hydrogens (tertiary/aromatic N) is 5. The topological polar surface area (TPSA) is 101 Å². The molecule has 1 N–H and O–H groups in total. The molecule has 3 unspecified atom stereocenters. The first-order chi connectivity index (χ1) is 18.5. The van der Waals surface area contributed by atoms with E-state index in [4.69, 9.17) is 14.5 Å². The van der Waals surface area contributed by atoms with Crippen molar-refractivity contribution in [2.45, 2.75) is 52.1 Å². The Kier molecular flexibility index (Phi) is 6.98. The van der Waals surface area contributed by atoms with Crippen molar-refractivity contribution in [3.8, 4) is 11.6 Å². The van der Waals surface area contributed by atoms with Gasteiger partial charge in [-0.1, -0.05) is 12.1 Å². The van der Waals surface area contributed by atoms with Crippen molar-refractivity contribution in [3.05, 3.63) is 64.8 Å². The van der Waals surface area contributed by atoms with Gasteiger partial charge in [0.2, 0.25) is 5.95 Å². The third-order valence-corrected chi connectivity index (χ3v) is 6.40. The highest BCUT2D eigenvalue weighted by atomic mass is 19.4. The fraction of sp³-hybridized carbons (Fsp3) is 0.370. The number of carbonyl (C=O) groups excluding carboxylic acids is 1. The fourth-order valence-corrected chi connectivity index (χ4v) is 4.51. The van der Waals surface area contributed by atoms with Crippen LogP contribution in [0.25, 0.3) is 0 Å². The minimum atomic E-state index is -4.55. The molecule has 0 saturated carbocycles. The molecule has 1 amide bonds. The SMILES string of the molecule is Cc1ccc(NC(=O)c2cccc(C(F)(F)F)c2)cc1Oc1nc(N2CC(C)OC(C)C2)nc2c1N=NC2C. The van der Waals surface area contributed by atoms with Crippen LogP contribution in [-0.4, -0.2) is 41.2 Å². The van der Waals surface area contributed by atoms with E-state index in [1.165, 1.54) is 12.1 Å². The number of hydrogen-bond donors (Lipinski definition) is 1. The van der Waals surface area contributed by atoms with Gasteiger partial charge in [-0.25, -0.2) is 4.98 Å². The average Bonchev–Trinajstić information content (AvgIpc) is 3.26. The van der Waals surface area contributed by atoms with E-state index in [1.54, 1.807) is 18.2 Å². The summed E-state index contributed by atoms with van der Waals surface area (Å²) in [7, 11) is 0. The number of carbonyl (C=O) groups is 1. The van der Waals surface area contributed by atoms with Gasteiger partial charge in [-0.05, 0) is 57.5 Å². The van der Waals surface area contributed by atoms with Gasteiger partial charge in [-0.3, -0.25) is 4.79 Å². The number of alkyl halides is 3. The molecule has 12 heteroatoms. The van der Waals surface area contributed by atoms with E-state index in [0.717, 1.165) is 17.7 Å². The van der Waals surface area contributed by atoms with Crippen molar-refractivity contribution in [2.75, 3.05) is 23.3 Å². The summed E-state index contributed by atoms with van der Waals surface area (Å²) in [5.74, 6) is 0.414. The number of halogens is 3. The van der Waals surface area contributed by atoms with Crippen LogP contribution in [0.5, 0.6) is 11.6 Å². The second-order valence-corrected chi connectivity index (χ2v) is 9.73. The number of benzene rings is 2. The third-order valence-electron chi connectivity index (χ3n) is 6.40. The lowest BCUT2D eigenvalue weighted by Crippen LogP contribution is -2.46. The number of hydrogen-bond acceptors (Lipinski definition) is 8. The van der Waals surface area contributed by atoms with Crippen molar-refractivity contribution in [2.24, 2.45) is 10.2 Å². The van der Waals surface area contributed by atoms with Gasteiger partial charge in [0.25, 0.3) is 11.8 Å². The predicted octanol–water partition coefficient (Wildman–Crippen LogP) is 6.62. The molecule has 1 aromatic heterocycles. The van der Waals surface area contributed by atoms with Crippen LogP contribution in [0.1, 0.15) is 54.0 Å². The highest BCUT2D eigenvalue weighted by Crippen LogP contribution is 2.43. The maximum absolute atomic E-state index is 13.1. The monoisotopic (exact) mass is 540 g/mol. The van der Waals surface area contributed by atoms with Crippen molar-refractivity contribution < 1.29 is 27.4 Å². The molecular weight excluding hydrogens is 513 g/mol. The third kappa shape index (κ3) is 5.70. The first-order valence-corrected chi connectivity index (χ1v) is 12.5. The summed E-state index contributed by atoms with van der Waals surface area (Å²) in [6, 6.07) is 8.94. The first-order valence-electron chi connectivity index (χ1n) is 12.5. The van der Waals surface area contributed by atoms with Gasteiger partial charge >= 0.3 is 6.18 Å². The normalized spacial score (nSPS) is 20.6. The molecule has 2 aliphatic rings. The molecule has 2 aliphatic heterocycles. The van der Waals surface area contributed by atoms with Gasteiger partial charge in [0.05, 0.1) is 17.8 Å². The molecule has 1 saturated heterocycles. The number of fused-ring (bicyclic) bond motifs is 1. The zero-order valence-corrected chi connectivity index (χ0v) is 21.8. The summed E-state index contributed by atoms with van der Waals surface area (Å²) in [4.78, 5) is 24.2. The van der Waals surface area contributed by atoms with Crippen LogP contribution in [0.3, 0.4) is 0 Å². The Morgan fingerprint density at radius 1 is 1.08 bits per heavy atom. The molecule has 0 aliphatic carbocycles. The van der Waals surface area contributed by atoms with Gasteiger partial charge in [0, 0.05) is 30.4 Å². The predicted molar refractivity (Wildman–Crippen MR) is 138 cm³/mol. The number of anilines is 2. The summed E-state index contributed by atoms with van der Waals surface area (Å²) >= 11 is 0. The maximum atomic E-state index is 13.1. The Bertz CT molecular complexity index is 1430. The molecular formula is C27H27F3N6O3. The van der Waals surface area contributed by atoms with Crippen LogP contribution in [-0.2, 0) is 10.9 Å². The quantitative estimate of drug-likeness (QED) is 0.390. The molecule has 204 valence electrons. The molecule has 1 fully saturated rings. The van der Waals surface area contributed by atoms with Gasteiger partial charge < -0.3 is 19.7 Å². The smallest absolute Gasteiger partial charge is 0.416 e. The van der Waals surface area contributed by atoms with E-state index in [9.17, 15) is 18.0 Å². The minimum absolute atomic E-state index is 0.00105. The number of aryl methyl sites for hydroxylation is 1. The summed E-state index contributed by atoms with van der Waals surface area (Å²) in [6.07, 6.45) is -4.55. The van der Waals surface area contributed by atoms with Crippen LogP contribution in [0.15, 0.2) is 52.7 Å². The Hall–Kier alpha value is -4.06. The summed E-state index contributed by atoms with van der Waals surface area (Å²) in [6.45, 7) is 8.91. The largest absolute Gasteiger partial charge is 0.436 e. The maximum Gasteiger partial charge on any atom is 0.416 e. The zero-order valence-electron chi connectivity index (χ0n) is 21.8. The first kappa shape index (κ1) is 26.5. The molecule has 3 atom stereocenters. The van der Waals surface area contributed by atoms with E-state index in [0.29, 0.717) is 41.9 Å². The Balaban J connectivity index is 1.42. The van der Waals surface area contributed by atoms with Crippen LogP contribution < -0.4 is 15.0 Å². The Labute approximate surface area is 223 Å². The molecule has 0 spiro atoms. The molecule has 3 heterocycles. The van der Waals surface area contributed by atoms with E-state index >= 15 is 0 Å². The number of rotatable bonds is 5. The molecule has 5 rings (SSSR count). The highest BCUT2D eigenvalue weighted by molar-refractivity contribution is 6.04. The van der Waals surface area contributed by atoms with Crippen LogP contribution in [0.2, 0.25) is 0 Å². The van der Waals surface area contributed by atoms with Gasteiger partial charge in [-0.2, -0.15) is 23.3 Å². The van der Waals surface area contributed by atoms with Gasteiger partial charge in [-0.15, -0.1) is 5.11 Å². The summed E-state index contributed by atoms with van der Waals surface area (Å²) in [5.41, 5.74) is 1.15. The van der Waals surface area contributed by atoms with E-state index in [2.05, 4.69) is 20.5 Å². The molecule has 0 bridgehead atoms. The van der Waals surface area contributed by atoms with Crippen LogP contribution >= 0.6 is 0 Å². The minimum Gasteiger partial charge on any atom is -0.436 e. The van der Waals surface area contributed by atoms with Crippen molar-refractivity contribution in [1.29, 1.82) is 0 Å². The van der Waals surface area contributed by atoms with E-state index < -0.39 is 17.6 Å². The Morgan fingerprint density at radius 2 is 1.82 bits per heavy atom. The number of morpholine rings is 1. The second-order valence-electron chi connectivity index (χ2n) is 9.73. The zero-order chi connectivity index (χ0) is 27.9. The number of amides is 1. The number of ether oxygens (including phenoxy) is 2. The molecule has 39 heavy (non-hydrogen) atoms. The lowest BCUT2D eigenvalue weighted by molar-refractivity contribution is -0.137. The standard InChI is InChI=1S/C27H27F3N6O3/c1-14-8-9-20(31-24(37)18-6-5-7-19(10-18)27(28,29)30)11-21(14)39-25-23-22(17(4)34-35-23)32-26(33-25)36-12-15(2)38-16(3)13-36/h5-11,15-17H,12-13H2,1-4H3,(H,31,37).